The first-order valence-electron chi connectivity index (χ1n) is 7.84. The molecule has 23 heavy (non-hydrogen) atoms. The predicted molar refractivity (Wildman–Crippen MR) is 96.4 cm³/mol. The van der Waals surface area contributed by atoms with E-state index in [0.29, 0.717) is 0 Å². The predicted octanol–water partition coefficient (Wildman–Crippen LogP) is 5.38. The summed E-state index contributed by atoms with van der Waals surface area (Å²) in [6.07, 6.45) is 2.01. The van der Waals surface area contributed by atoms with Gasteiger partial charge in [-0.05, 0) is 10.8 Å². The van der Waals surface area contributed by atoms with E-state index in [1.807, 2.05) is 6.20 Å². The number of para-hydroxylation sites is 1. The fourth-order valence-electron chi connectivity index (χ4n) is 4.03. The second-order valence-corrected chi connectivity index (χ2v) is 6.10. The Labute approximate surface area is 131 Å². The summed E-state index contributed by atoms with van der Waals surface area (Å²) < 4.78 is 2.33. The summed E-state index contributed by atoms with van der Waals surface area (Å²) in [6, 6.07) is 23.8. The highest BCUT2D eigenvalue weighted by atomic mass is 15.0. The number of benzene rings is 3. The summed E-state index contributed by atoms with van der Waals surface area (Å²) in [6.45, 7) is 0. The molecule has 0 aliphatic carbocycles. The van der Waals surface area contributed by atoms with Crippen LogP contribution in [-0.4, -0.2) is 9.38 Å². The first kappa shape index (κ1) is 11.4. The molecule has 0 saturated carbocycles. The Bertz CT molecular complexity index is 1260. The van der Waals surface area contributed by atoms with Gasteiger partial charge >= 0.3 is 0 Å². The molecule has 6 rings (SSSR count). The van der Waals surface area contributed by atoms with Gasteiger partial charge in [0.2, 0.25) is 0 Å². The molecule has 0 fully saturated rings. The number of rotatable bonds is 0. The van der Waals surface area contributed by atoms with Crippen molar-refractivity contribution in [2.45, 2.75) is 0 Å². The summed E-state index contributed by atoms with van der Waals surface area (Å²) >= 11 is 0. The molecule has 3 aromatic heterocycles. The molecule has 0 spiro atoms. The molecule has 0 bridgehead atoms. The van der Waals surface area contributed by atoms with Crippen LogP contribution in [0, 0.1) is 0 Å². The lowest BCUT2D eigenvalue weighted by Crippen LogP contribution is -1.95. The second-order valence-electron chi connectivity index (χ2n) is 6.10. The number of pyridine rings is 2. The Kier molecular flexibility index (Phi) is 1.89. The maximum absolute atomic E-state index is 4.76. The minimum atomic E-state index is 1.05. The number of aromatic nitrogens is 2. The molecular weight excluding hydrogens is 280 g/mol. The average Bonchev–Trinajstić information content (AvgIpc) is 3.07. The van der Waals surface area contributed by atoms with Gasteiger partial charge in [0, 0.05) is 21.5 Å². The standard InChI is InChI=1S/C21H12N2/c1-3-8-15-13(6-1)16-10-5-11-17-14-7-2-4-9-18(14)21-22-12-19(15)23(21)20(16)17/h1-12H. The molecule has 106 valence electrons. The molecule has 0 aliphatic rings. The lowest BCUT2D eigenvalue weighted by Gasteiger charge is -2.14. The van der Waals surface area contributed by atoms with Crippen LogP contribution >= 0.6 is 0 Å². The Balaban J connectivity index is 2.15. The van der Waals surface area contributed by atoms with Crippen LogP contribution in [-0.2, 0) is 0 Å². The van der Waals surface area contributed by atoms with Gasteiger partial charge in [0.1, 0.15) is 5.65 Å². The summed E-state index contributed by atoms with van der Waals surface area (Å²) in [7, 11) is 0. The van der Waals surface area contributed by atoms with E-state index in [-0.39, 0.29) is 0 Å². The normalized spacial score (nSPS) is 12.3. The average molecular weight is 292 g/mol. The minimum Gasteiger partial charge on any atom is -0.291 e. The van der Waals surface area contributed by atoms with Crippen LogP contribution in [0.4, 0.5) is 0 Å². The van der Waals surface area contributed by atoms with E-state index in [4.69, 9.17) is 4.98 Å². The van der Waals surface area contributed by atoms with Crippen LogP contribution in [0.5, 0.6) is 0 Å². The van der Waals surface area contributed by atoms with Crippen LogP contribution in [0.1, 0.15) is 0 Å². The van der Waals surface area contributed by atoms with Crippen molar-refractivity contribution in [3.8, 4) is 0 Å². The van der Waals surface area contributed by atoms with E-state index in [1.54, 1.807) is 0 Å². The van der Waals surface area contributed by atoms with Gasteiger partial charge in [-0.25, -0.2) is 4.98 Å². The molecule has 0 saturated heterocycles. The van der Waals surface area contributed by atoms with E-state index >= 15 is 0 Å². The first-order chi connectivity index (χ1) is 11.4. The summed E-state index contributed by atoms with van der Waals surface area (Å²) in [5.74, 6) is 0. The summed E-state index contributed by atoms with van der Waals surface area (Å²) in [5.41, 5.74) is 3.50. The maximum Gasteiger partial charge on any atom is 0.145 e. The van der Waals surface area contributed by atoms with E-state index in [2.05, 4.69) is 71.1 Å². The molecule has 0 radical (unpaired) electrons. The van der Waals surface area contributed by atoms with Crippen LogP contribution in [0.15, 0.2) is 72.9 Å². The minimum absolute atomic E-state index is 1.05. The zero-order valence-corrected chi connectivity index (χ0v) is 12.3. The van der Waals surface area contributed by atoms with Crippen molar-refractivity contribution >= 4 is 49.0 Å². The topological polar surface area (TPSA) is 17.3 Å². The molecule has 0 amide bonds. The Hall–Kier alpha value is -3.13. The number of imidazole rings is 1. The monoisotopic (exact) mass is 292 g/mol. The van der Waals surface area contributed by atoms with Gasteiger partial charge in [0.05, 0.1) is 17.2 Å². The number of hydrogen-bond acceptors (Lipinski definition) is 1. The Morgan fingerprint density at radius 3 is 1.87 bits per heavy atom. The van der Waals surface area contributed by atoms with Crippen molar-refractivity contribution in [1.82, 2.24) is 9.38 Å². The second kappa shape index (κ2) is 3.79. The maximum atomic E-state index is 4.76. The van der Waals surface area contributed by atoms with Crippen LogP contribution in [0.2, 0.25) is 0 Å². The van der Waals surface area contributed by atoms with Gasteiger partial charge in [-0.2, -0.15) is 0 Å². The molecule has 0 aliphatic heterocycles. The van der Waals surface area contributed by atoms with Crippen LogP contribution in [0.25, 0.3) is 49.0 Å². The van der Waals surface area contributed by atoms with Gasteiger partial charge in [-0.1, -0.05) is 66.7 Å². The van der Waals surface area contributed by atoms with Crippen molar-refractivity contribution < 1.29 is 0 Å². The molecule has 3 aromatic carbocycles. The largest absolute Gasteiger partial charge is 0.291 e. The molecular formula is C21H12N2. The van der Waals surface area contributed by atoms with Crippen molar-refractivity contribution in [3.05, 3.63) is 72.9 Å². The zero-order chi connectivity index (χ0) is 15.0. The molecule has 2 heteroatoms. The fraction of sp³-hybridized carbons (Fsp3) is 0. The Morgan fingerprint density at radius 2 is 1.13 bits per heavy atom. The highest BCUT2D eigenvalue weighted by Gasteiger charge is 2.16. The third-order valence-corrected chi connectivity index (χ3v) is 4.97. The molecule has 0 N–H and O–H groups in total. The van der Waals surface area contributed by atoms with Gasteiger partial charge in [0.25, 0.3) is 0 Å². The van der Waals surface area contributed by atoms with E-state index < -0.39 is 0 Å². The zero-order valence-electron chi connectivity index (χ0n) is 12.3. The summed E-state index contributed by atoms with van der Waals surface area (Å²) in [5, 5.41) is 7.62. The Morgan fingerprint density at radius 1 is 0.565 bits per heavy atom. The van der Waals surface area contributed by atoms with Crippen LogP contribution in [0.3, 0.4) is 0 Å². The van der Waals surface area contributed by atoms with Crippen molar-refractivity contribution in [3.63, 3.8) is 0 Å². The SMILES string of the molecule is c1ccc2c(c1)c1cccc3c4ccccc4c4ncc2n4c13. The third kappa shape index (κ3) is 1.24. The quantitative estimate of drug-likeness (QED) is 0.271. The fourth-order valence-corrected chi connectivity index (χ4v) is 4.03. The molecule has 0 atom stereocenters. The summed E-state index contributed by atoms with van der Waals surface area (Å²) in [4.78, 5) is 4.76. The lowest BCUT2D eigenvalue weighted by molar-refractivity contribution is 1.32. The number of hydrogen-bond donors (Lipinski definition) is 0. The molecule has 0 unspecified atom stereocenters. The van der Waals surface area contributed by atoms with Crippen LogP contribution < -0.4 is 0 Å². The van der Waals surface area contributed by atoms with Crippen molar-refractivity contribution in [2.75, 3.05) is 0 Å². The highest BCUT2D eigenvalue weighted by molar-refractivity contribution is 6.24. The molecule has 3 heterocycles. The number of fused-ring (bicyclic) bond motifs is 6. The van der Waals surface area contributed by atoms with E-state index in [9.17, 15) is 0 Å². The van der Waals surface area contributed by atoms with Crippen molar-refractivity contribution in [2.24, 2.45) is 0 Å². The lowest BCUT2D eigenvalue weighted by atomic mass is 9.99. The van der Waals surface area contributed by atoms with E-state index in [1.165, 1.54) is 43.4 Å². The van der Waals surface area contributed by atoms with Gasteiger partial charge < -0.3 is 0 Å². The van der Waals surface area contributed by atoms with Gasteiger partial charge in [0.15, 0.2) is 0 Å². The van der Waals surface area contributed by atoms with Crippen molar-refractivity contribution in [1.29, 1.82) is 0 Å². The first-order valence-corrected chi connectivity index (χ1v) is 7.84. The van der Waals surface area contributed by atoms with E-state index in [0.717, 1.165) is 5.65 Å². The highest BCUT2D eigenvalue weighted by Crippen LogP contribution is 2.38. The van der Waals surface area contributed by atoms with Gasteiger partial charge in [-0.15, -0.1) is 0 Å². The number of nitrogens with zero attached hydrogens (tertiary/aromatic N) is 2. The molecule has 6 aromatic rings. The molecule has 2 nitrogen and oxygen atoms in total. The smallest absolute Gasteiger partial charge is 0.145 e. The van der Waals surface area contributed by atoms with Gasteiger partial charge in [-0.3, -0.25) is 4.40 Å². The third-order valence-electron chi connectivity index (χ3n) is 4.97.